The SMILES string of the molecule is CCC(CC)(CO)CNC(=O)CC(C)c1ccc(N)cc1. The lowest BCUT2D eigenvalue weighted by Gasteiger charge is -2.29. The molecule has 0 aliphatic carbocycles. The summed E-state index contributed by atoms with van der Waals surface area (Å²) in [5.41, 5.74) is 7.31. The van der Waals surface area contributed by atoms with Crippen molar-refractivity contribution in [3.05, 3.63) is 29.8 Å². The molecule has 0 heterocycles. The molecule has 0 aliphatic heterocycles. The number of carbonyl (C=O) groups is 1. The Labute approximate surface area is 127 Å². The van der Waals surface area contributed by atoms with Crippen LogP contribution in [0, 0.1) is 5.41 Å². The number of rotatable bonds is 8. The molecule has 0 bridgehead atoms. The number of hydrogen-bond donors (Lipinski definition) is 3. The smallest absolute Gasteiger partial charge is 0.220 e. The maximum Gasteiger partial charge on any atom is 0.220 e. The lowest BCUT2D eigenvalue weighted by atomic mass is 9.83. The van der Waals surface area contributed by atoms with E-state index in [1.165, 1.54) is 0 Å². The number of anilines is 1. The highest BCUT2D eigenvalue weighted by Crippen LogP contribution is 2.25. The minimum Gasteiger partial charge on any atom is -0.399 e. The molecule has 1 aromatic rings. The number of benzene rings is 1. The first-order valence-electron chi connectivity index (χ1n) is 7.69. The van der Waals surface area contributed by atoms with Crippen molar-refractivity contribution in [3.8, 4) is 0 Å². The minimum absolute atomic E-state index is 0.0269. The molecule has 1 unspecified atom stereocenters. The molecule has 0 aliphatic rings. The summed E-state index contributed by atoms with van der Waals surface area (Å²) in [7, 11) is 0. The van der Waals surface area contributed by atoms with Crippen LogP contribution in [0.3, 0.4) is 0 Å². The molecule has 0 radical (unpaired) electrons. The van der Waals surface area contributed by atoms with Gasteiger partial charge in [-0.3, -0.25) is 4.79 Å². The van der Waals surface area contributed by atoms with Crippen molar-refractivity contribution < 1.29 is 9.90 Å². The lowest BCUT2D eigenvalue weighted by molar-refractivity contribution is -0.122. The summed E-state index contributed by atoms with van der Waals surface area (Å²) < 4.78 is 0. The monoisotopic (exact) mass is 292 g/mol. The number of nitrogens with one attached hydrogen (secondary N) is 1. The first kappa shape index (κ1) is 17.5. The Hall–Kier alpha value is -1.55. The average molecular weight is 292 g/mol. The number of amides is 1. The van der Waals surface area contributed by atoms with Gasteiger partial charge in [0, 0.05) is 24.1 Å². The van der Waals surface area contributed by atoms with E-state index >= 15 is 0 Å². The van der Waals surface area contributed by atoms with E-state index in [2.05, 4.69) is 5.32 Å². The number of carbonyl (C=O) groups excluding carboxylic acids is 1. The molecule has 1 amide bonds. The molecule has 4 nitrogen and oxygen atoms in total. The Bertz CT molecular complexity index is 430. The van der Waals surface area contributed by atoms with Crippen LogP contribution in [0.25, 0.3) is 0 Å². The van der Waals surface area contributed by atoms with Crippen molar-refractivity contribution in [3.63, 3.8) is 0 Å². The second-order valence-corrected chi connectivity index (χ2v) is 5.91. The van der Waals surface area contributed by atoms with Crippen LogP contribution in [-0.2, 0) is 4.79 Å². The highest BCUT2D eigenvalue weighted by molar-refractivity contribution is 5.76. The van der Waals surface area contributed by atoms with Crippen LogP contribution < -0.4 is 11.1 Å². The lowest BCUT2D eigenvalue weighted by Crippen LogP contribution is -2.39. The summed E-state index contributed by atoms with van der Waals surface area (Å²) in [5.74, 6) is 0.177. The molecule has 1 atom stereocenters. The van der Waals surface area contributed by atoms with Crippen LogP contribution in [0.2, 0.25) is 0 Å². The van der Waals surface area contributed by atoms with Gasteiger partial charge in [-0.25, -0.2) is 0 Å². The molecule has 4 N–H and O–H groups in total. The molecular weight excluding hydrogens is 264 g/mol. The zero-order valence-corrected chi connectivity index (χ0v) is 13.4. The van der Waals surface area contributed by atoms with Gasteiger partial charge >= 0.3 is 0 Å². The highest BCUT2D eigenvalue weighted by Gasteiger charge is 2.26. The van der Waals surface area contributed by atoms with E-state index in [4.69, 9.17) is 5.73 Å². The summed E-state index contributed by atoms with van der Waals surface area (Å²) >= 11 is 0. The van der Waals surface area contributed by atoms with E-state index in [0.29, 0.717) is 13.0 Å². The van der Waals surface area contributed by atoms with E-state index in [0.717, 1.165) is 24.1 Å². The predicted molar refractivity (Wildman–Crippen MR) is 87.0 cm³/mol. The van der Waals surface area contributed by atoms with Crippen LogP contribution in [0.4, 0.5) is 5.69 Å². The van der Waals surface area contributed by atoms with Crippen LogP contribution in [-0.4, -0.2) is 24.2 Å². The van der Waals surface area contributed by atoms with E-state index in [-0.39, 0.29) is 23.8 Å². The average Bonchev–Trinajstić information content (AvgIpc) is 2.50. The fourth-order valence-corrected chi connectivity index (χ4v) is 2.36. The van der Waals surface area contributed by atoms with Gasteiger partial charge in [-0.1, -0.05) is 32.9 Å². The minimum atomic E-state index is -0.194. The van der Waals surface area contributed by atoms with Crippen molar-refractivity contribution in [1.82, 2.24) is 5.32 Å². The molecule has 118 valence electrons. The third-order valence-electron chi connectivity index (χ3n) is 4.49. The van der Waals surface area contributed by atoms with Gasteiger partial charge in [0.05, 0.1) is 6.61 Å². The fraction of sp³-hybridized carbons (Fsp3) is 0.588. The summed E-state index contributed by atoms with van der Waals surface area (Å²) in [6.45, 7) is 6.76. The summed E-state index contributed by atoms with van der Waals surface area (Å²) in [6.07, 6.45) is 2.15. The van der Waals surface area contributed by atoms with Gasteiger partial charge in [0.2, 0.25) is 5.91 Å². The molecule has 21 heavy (non-hydrogen) atoms. The van der Waals surface area contributed by atoms with Crippen LogP contribution >= 0.6 is 0 Å². The highest BCUT2D eigenvalue weighted by atomic mass is 16.3. The topological polar surface area (TPSA) is 75.3 Å². The molecule has 1 aromatic carbocycles. The predicted octanol–water partition coefficient (Wildman–Crippen LogP) is 2.68. The normalized spacial score (nSPS) is 13.0. The second kappa shape index (κ2) is 8.03. The third-order valence-corrected chi connectivity index (χ3v) is 4.49. The zero-order valence-electron chi connectivity index (χ0n) is 13.4. The van der Waals surface area contributed by atoms with Gasteiger partial charge in [-0.05, 0) is 36.5 Å². The summed E-state index contributed by atoms with van der Waals surface area (Å²) in [5, 5.41) is 12.5. The molecule has 0 spiro atoms. The van der Waals surface area contributed by atoms with Crippen molar-refractivity contribution >= 4 is 11.6 Å². The molecule has 0 saturated carbocycles. The Balaban J connectivity index is 2.51. The van der Waals surface area contributed by atoms with Crippen molar-refractivity contribution in [2.75, 3.05) is 18.9 Å². The van der Waals surface area contributed by atoms with Crippen molar-refractivity contribution in [2.45, 2.75) is 46.0 Å². The van der Waals surface area contributed by atoms with Crippen molar-refractivity contribution in [1.29, 1.82) is 0 Å². The van der Waals surface area contributed by atoms with Gasteiger partial charge in [0.15, 0.2) is 0 Å². The number of nitrogens with two attached hydrogens (primary N) is 1. The number of hydrogen-bond acceptors (Lipinski definition) is 3. The maximum atomic E-state index is 12.1. The van der Waals surface area contributed by atoms with E-state index < -0.39 is 0 Å². The van der Waals surface area contributed by atoms with Gasteiger partial charge < -0.3 is 16.2 Å². The number of aliphatic hydroxyl groups is 1. The van der Waals surface area contributed by atoms with Crippen LogP contribution in [0.1, 0.15) is 51.5 Å². The molecule has 4 heteroatoms. The molecule has 0 fully saturated rings. The molecule has 0 aromatic heterocycles. The standard InChI is InChI=1S/C17H28N2O2/c1-4-17(5-2,12-20)11-19-16(21)10-13(3)14-6-8-15(18)9-7-14/h6-9,13,20H,4-5,10-12,18H2,1-3H3,(H,19,21). The van der Waals surface area contributed by atoms with Crippen molar-refractivity contribution in [2.24, 2.45) is 5.41 Å². The Morgan fingerprint density at radius 1 is 1.29 bits per heavy atom. The van der Waals surface area contributed by atoms with E-state index in [1.54, 1.807) is 0 Å². The fourth-order valence-electron chi connectivity index (χ4n) is 2.36. The largest absolute Gasteiger partial charge is 0.399 e. The number of aliphatic hydroxyl groups excluding tert-OH is 1. The van der Waals surface area contributed by atoms with Gasteiger partial charge in [-0.2, -0.15) is 0 Å². The van der Waals surface area contributed by atoms with E-state index in [9.17, 15) is 9.90 Å². The van der Waals surface area contributed by atoms with Gasteiger partial charge in [-0.15, -0.1) is 0 Å². The van der Waals surface area contributed by atoms with Gasteiger partial charge in [0.1, 0.15) is 0 Å². The summed E-state index contributed by atoms with van der Waals surface area (Å²) in [4.78, 5) is 12.1. The Kier molecular flexibility index (Phi) is 6.69. The summed E-state index contributed by atoms with van der Waals surface area (Å²) in [6, 6.07) is 7.64. The first-order chi connectivity index (χ1) is 9.96. The Morgan fingerprint density at radius 2 is 1.86 bits per heavy atom. The van der Waals surface area contributed by atoms with E-state index in [1.807, 2.05) is 45.0 Å². The van der Waals surface area contributed by atoms with Crippen LogP contribution in [0.5, 0.6) is 0 Å². The maximum absolute atomic E-state index is 12.1. The van der Waals surface area contributed by atoms with Gasteiger partial charge in [0.25, 0.3) is 0 Å². The number of nitrogen functional groups attached to an aromatic ring is 1. The quantitative estimate of drug-likeness (QED) is 0.645. The Morgan fingerprint density at radius 3 is 2.33 bits per heavy atom. The molecular formula is C17H28N2O2. The molecule has 1 rings (SSSR count). The second-order valence-electron chi connectivity index (χ2n) is 5.91. The zero-order chi connectivity index (χ0) is 15.9. The third kappa shape index (κ3) is 5.05. The first-order valence-corrected chi connectivity index (χ1v) is 7.69. The van der Waals surface area contributed by atoms with Crippen LogP contribution in [0.15, 0.2) is 24.3 Å². The molecule has 0 saturated heterocycles.